The molecule has 1 fully saturated rings. The van der Waals surface area contributed by atoms with Gasteiger partial charge in [0.25, 0.3) is 0 Å². The first-order valence-electron chi connectivity index (χ1n) is 5.58. The molecule has 1 aliphatic rings. The van der Waals surface area contributed by atoms with E-state index in [1.165, 1.54) is 6.33 Å². The Labute approximate surface area is 98.7 Å². The predicted octanol–water partition coefficient (Wildman–Crippen LogP) is 0.863. The van der Waals surface area contributed by atoms with Crippen molar-refractivity contribution in [3.05, 3.63) is 31.0 Å². The molecule has 2 aromatic heterocycles. The molecule has 0 amide bonds. The van der Waals surface area contributed by atoms with E-state index in [1.807, 2.05) is 12.1 Å². The SMILES string of the molecule is c1cnc(-n2cncn2)c(NC2CCOC2)c1. The van der Waals surface area contributed by atoms with Crippen LogP contribution in [0.2, 0.25) is 0 Å². The van der Waals surface area contributed by atoms with Gasteiger partial charge >= 0.3 is 0 Å². The van der Waals surface area contributed by atoms with Crippen molar-refractivity contribution >= 4 is 5.69 Å². The van der Waals surface area contributed by atoms with Crippen molar-refractivity contribution in [2.24, 2.45) is 0 Å². The zero-order chi connectivity index (χ0) is 11.5. The van der Waals surface area contributed by atoms with Gasteiger partial charge in [-0.25, -0.2) is 14.6 Å². The maximum absolute atomic E-state index is 5.34. The standard InChI is InChI=1S/C11H13N5O/c1-2-10(15-9-3-5-17-6-9)11(13-4-1)16-8-12-7-14-16/h1-2,4,7-9,15H,3,5-6H2. The fraction of sp³-hybridized carbons (Fsp3) is 0.364. The molecule has 0 aliphatic carbocycles. The highest BCUT2D eigenvalue weighted by molar-refractivity contribution is 5.56. The molecule has 1 N–H and O–H groups in total. The van der Waals surface area contributed by atoms with Crippen LogP contribution in [0.5, 0.6) is 0 Å². The Morgan fingerprint density at radius 3 is 3.24 bits per heavy atom. The lowest BCUT2D eigenvalue weighted by atomic mass is 10.2. The fourth-order valence-corrected chi connectivity index (χ4v) is 1.88. The van der Waals surface area contributed by atoms with Gasteiger partial charge in [-0.15, -0.1) is 0 Å². The number of rotatable bonds is 3. The van der Waals surface area contributed by atoms with Gasteiger partial charge in [0.1, 0.15) is 12.7 Å². The van der Waals surface area contributed by atoms with E-state index in [9.17, 15) is 0 Å². The molecule has 0 aromatic carbocycles. The van der Waals surface area contributed by atoms with Crippen LogP contribution < -0.4 is 5.32 Å². The summed E-state index contributed by atoms with van der Waals surface area (Å²) in [5.74, 6) is 0.761. The summed E-state index contributed by atoms with van der Waals surface area (Å²) in [4.78, 5) is 8.25. The molecule has 0 radical (unpaired) electrons. The number of hydrogen-bond acceptors (Lipinski definition) is 5. The van der Waals surface area contributed by atoms with E-state index in [1.54, 1.807) is 17.2 Å². The predicted molar refractivity (Wildman–Crippen MR) is 62.0 cm³/mol. The smallest absolute Gasteiger partial charge is 0.178 e. The van der Waals surface area contributed by atoms with E-state index in [4.69, 9.17) is 4.74 Å². The van der Waals surface area contributed by atoms with E-state index < -0.39 is 0 Å². The molecular weight excluding hydrogens is 218 g/mol. The maximum atomic E-state index is 5.34. The van der Waals surface area contributed by atoms with Gasteiger partial charge in [-0.05, 0) is 18.6 Å². The number of nitrogens with one attached hydrogen (secondary N) is 1. The molecule has 6 heteroatoms. The van der Waals surface area contributed by atoms with Crippen molar-refractivity contribution in [3.63, 3.8) is 0 Å². The van der Waals surface area contributed by atoms with E-state index in [0.29, 0.717) is 6.04 Å². The van der Waals surface area contributed by atoms with Gasteiger partial charge in [-0.3, -0.25) is 0 Å². The molecule has 1 unspecified atom stereocenters. The number of nitrogens with zero attached hydrogens (tertiary/aromatic N) is 4. The van der Waals surface area contributed by atoms with Crippen molar-refractivity contribution in [2.75, 3.05) is 18.5 Å². The number of anilines is 1. The highest BCUT2D eigenvalue weighted by Gasteiger charge is 2.17. The van der Waals surface area contributed by atoms with Crippen LogP contribution in [0.3, 0.4) is 0 Å². The minimum absolute atomic E-state index is 0.349. The highest BCUT2D eigenvalue weighted by atomic mass is 16.5. The van der Waals surface area contributed by atoms with Gasteiger partial charge in [0.15, 0.2) is 5.82 Å². The lowest BCUT2D eigenvalue weighted by Gasteiger charge is -2.14. The van der Waals surface area contributed by atoms with Gasteiger partial charge < -0.3 is 10.1 Å². The number of hydrogen-bond donors (Lipinski definition) is 1. The zero-order valence-electron chi connectivity index (χ0n) is 9.28. The second-order valence-electron chi connectivity index (χ2n) is 3.92. The highest BCUT2D eigenvalue weighted by Crippen LogP contribution is 2.19. The van der Waals surface area contributed by atoms with Crippen LogP contribution in [0.25, 0.3) is 5.82 Å². The first-order valence-corrected chi connectivity index (χ1v) is 5.58. The van der Waals surface area contributed by atoms with Crippen LogP contribution in [0.1, 0.15) is 6.42 Å². The average Bonchev–Trinajstić information content (AvgIpc) is 3.01. The molecule has 3 heterocycles. The van der Waals surface area contributed by atoms with Crippen LogP contribution in [0.4, 0.5) is 5.69 Å². The Morgan fingerprint density at radius 1 is 1.47 bits per heavy atom. The van der Waals surface area contributed by atoms with Gasteiger partial charge in [0, 0.05) is 12.8 Å². The molecule has 2 aromatic rings. The third-order valence-electron chi connectivity index (χ3n) is 2.71. The summed E-state index contributed by atoms with van der Waals surface area (Å²) in [5, 5.41) is 7.52. The summed E-state index contributed by atoms with van der Waals surface area (Å²) in [5.41, 5.74) is 0.952. The summed E-state index contributed by atoms with van der Waals surface area (Å²) in [6.07, 6.45) is 5.90. The third-order valence-corrected chi connectivity index (χ3v) is 2.71. The quantitative estimate of drug-likeness (QED) is 0.848. The summed E-state index contributed by atoms with van der Waals surface area (Å²) in [7, 11) is 0. The maximum Gasteiger partial charge on any atom is 0.178 e. The van der Waals surface area contributed by atoms with Crippen molar-refractivity contribution in [1.29, 1.82) is 0 Å². The zero-order valence-corrected chi connectivity index (χ0v) is 9.28. The first-order chi connectivity index (χ1) is 8.43. The van der Waals surface area contributed by atoms with Crippen molar-refractivity contribution in [1.82, 2.24) is 19.7 Å². The molecule has 0 saturated carbocycles. The van der Waals surface area contributed by atoms with E-state index in [0.717, 1.165) is 31.1 Å². The molecule has 88 valence electrons. The normalized spacial score (nSPS) is 19.4. The number of ether oxygens (including phenoxy) is 1. The molecule has 6 nitrogen and oxygen atoms in total. The van der Waals surface area contributed by atoms with Crippen LogP contribution in [0.15, 0.2) is 31.0 Å². The Hall–Kier alpha value is -1.95. The molecule has 1 atom stereocenters. The molecule has 17 heavy (non-hydrogen) atoms. The summed E-state index contributed by atoms with van der Waals surface area (Å²) in [6, 6.07) is 4.24. The Balaban J connectivity index is 1.88. The monoisotopic (exact) mass is 231 g/mol. The minimum Gasteiger partial charge on any atom is -0.379 e. The number of pyridine rings is 1. The van der Waals surface area contributed by atoms with E-state index in [-0.39, 0.29) is 0 Å². The summed E-state index contributed by atoms with van der Waals surface area (Å²) >= 11 is 0. The van der Waals surface area contributed by atoms with Crippen LogP contribution in [0, 0.1) is 0 Å². The van der Waals surface area contributed by atoms with Gasteiger partial charge in [0.05, 0.1) is 18.3 Å². The molecule has 1 saturated heterocycles. The lowest BCUT2D eigenvalue weighted by molar-refractivity contribution is 0.195. The number of aromatic nitrogens is 4. The van der Waals surface area contributed by atoms with Crippen LogP contribution in [-0.2, 0) is 4.74 Å². The van der Waals surface area contributed by atoms with Gasteiger partial charge in [-0.2, -0.15) is 5.10 Å². The Morgan fingerprint density at radius 2 is 2.47 bits per heavy atom. The average molecular weight is 231 g/mol. The molecule has 3 rings (SSSR count). The Bertz CT molecular complexity index is 478. The summed E-state index contributed by atoms with van der Waals surface area (Å²) < 4.78 is 6.99. The van der Waals surface area contributed by atoms with Gasteiger partial charge in [-0.1, -0.05) is 0 Å². The molecule has 0 spiro atoms. The Kier molecular flexibility index (Phi) is 2.71. The second kappa shape index (κ2) is 4.50. The van der Waals surface area contributed by atoms with Gasteiger partial charge in [0.2, 0.25) is 0 Å². The van der Waals surface area contributed by atoms with Crippen molar-refractivity contribution in [2.45, 2.75) is 12.5 Å². The summed E-state index contributed by atoms with van der Waals surface area (Å²) in [6.45, 7) is 1.56. The fourth-order valence-electron chi connectivity index (χ4n) is 1.88. The van der Waals surface area contributed by atoms with Crippen LogP contribution in [-0.4, -0.2) is 39.0 Å². The lowest BCUT2D eigenvalue weighted by Crippen LogP contribution is -2.20. The molecule has 0 bridgehead atoms. The van der Waals surface area contributed by atoms with E-state index in [2.05, 4.69) is 20.4 Å². The molecular formula is C11H13N5O. The third kappa shape index (κ3) is 2.12. The second-order valence-corrected chi connectivity index (χ2v) is 3.92. The van der Waals surface area contributed by atoms with Crippen molar-refractivity contribution < 1.29 is 4.74 Å². The minimum atomic E-state index is 0.349. The topological polar surface area (TPSA) is 64.9 Å². The first kappa shape index (κ1) is 10.2. The molecule has 1 aliphatic heterocycles. The van der Waals surface area contributed by atoms with Crippen molar-refractivity contribution in [3.8, 4) is 5.82 Å². The van der Waals surface area contributed by atoms with E-state index >= 15 is 0 Å². The van der Waals surface area contributed by atoms with Crippen LogP contribution >= 0.6 is 0 Å². The largest absolute Gasteiger partial charge is 0.379 e.